The van der Waals surface area contributed by atoms with Crippen molar-refractivity contribution < 1.29 is 42.4 Å². The molecule has 3 heterocycles. The molecule has 2 unspecified atom stereocenters. The first kappa shape index (κ1) is 61.2. The summed E-state index contributed by atoms with van der Waals surface area (Å²) >= 11 is 0. The molecule has 2 aliphatic rings. The number of imidazole rings is 2. The van der Waals surface area contributed by atoms with E-state index in [1.807, 2.05) is 61.5 Å². The maximum Gasteiger partial charge on any atom is 0.420 e. The fourth-order valence-electron chi connectivity index (χ4n) is 10.0. The van der Waals surface area contributed by atoms with E-state index in [9.17, 15) is 14.4 Å². The van der Waals surface area contributed by atoms with Crippen molar-refractivity contribution in [1.29, 1.82) is 5.26 Å². The van der Waals surface area contributed by atoms with Crippen molar-refractivity contribution in [2.75, 3.05) is 82.7 Å². The Morgan fingerprint density at radius 3 is 1.95 bits per heavy atom. The molecule has 7 rings (SSSR count). The molecule has 430 valence electrons. The SMILES string of the molecule is CCCC=C(C1=CCC(OCCCCCCOP(OCCC#N)N(C(C)C)C(C)C)C=C1)N(C(=O)OCC)c1ccc(-c2nc3cc(-c4nc5cc(N6CCN(C)CC6)ccc5n4C(=O)OCC)ccc3n2C(=O)OCC)cc1C. The highest BCUT2D eigenvalue weighted by molar-refractivity contribution is 7.44. The quantitative estimate of drug-likeness (QED) is 0.0290. The van der Waals surface area contributed by atoms with Crippen LogP contribution in [0.25, 0.3) is 44.8 Å². The number of piperazine rings is 1. The molecule has 80 heavy (non-hydrogen) atoms. The minimum atomic E-state index is -1.24. The van der Waals surface area contributed by atoms with Crippen LogP contribution in [0.1, 0.15) is 112 Å². The number of hydrogen-bond acceptors (Lipinski definition) is 15. The van der Waals surface area contributed by atoms with Crippen LogP contribution < -0.4 is 9.80 Å². The third-order valence-electron chi connectivity index (χ3n) is 13.9. The molecule has 0 saturated carbocycles. The van der Waals surface area contributed by atoms with E-state index in [-0.39, 0.29) is 38.0 Å². The molecule has 1 aliphatic carbocycles. The lowest BCUT2D eigenvalue weighted by molar-refractivity contribution is 0.0826. The second-order valence-corrected chi connectivity index (χ2v) is 21.9. The summed E-state index contributed by atoms with van der Waals surface area (Å²) in [6.07, 6.45) is 12.9. The van der Waals surface area contributed by atoms with Crippen LogP contribution in [0.2, 0.25) is 0 Å². The molecule has 0 radical (unpaired) electrons. The van der Waals surface area contributed by atoms with Crippen molar-refractivity contribution in [2.45, 2.75) is 132 Å². The van der Waals surface area contributed by atoms with Gasteiger partial charge in [-0.25, -0.2) is 43.1 Å². The van der Waals surface area contributed by atoms with Crippen molar-refractivity contribution in [1.82, 2.24) is 28.7 Å². The van der Waals surface area contributed by atoms with E-state index in [1.54, 1.807) is 31.7 Å². The molecule has 1 fully saturated rings. The maximum absolute atomic E-state index is 14.2. The smallest absolute Gasteiger partial charge is 0.420 e. The summed E-state index contributed by atoms with van der Waals surface area (Å²) in [5, 5.41) is 9.02. The summed E-state index contributed by atoms with van der Waals surface area (Å²) in [5.41, 5.74) is 7.45. The Morgan fingerprint density at radius 2 is 1.36 bits per heavy atom. The van der Waals surface area contributed by atoms with Crippen LogP contribution in [0.15, 0.2) is 90.2 Å². The number of carbonyl (C=O) groups is 3. The number of aryl methyl sites for hydroxylation is 1. The zero-order valence-corrected chi connectivity index (χ0v) is 49.5. The number of aromatic nitrogens is 4. The van der Waals surface area contributed by atoms with Gasteiger partial charge in [-0.05, 0) is 154 Å². The van der Waals surface area contributed by atoms with Gasteiger partial charge in [-0.1, -0.05) is 50.5 Å². The van der Waals surface area contributed by atoms with Crippen molar-refractivity contribution in [3.05, 3.63) is 95.7 Å². The lowest BCUT2D eigenvalue weighted by Crippen LogP contribution is -2.44. The minimum absolute atomic E-state index is 0.104. The number of anilines is 2. The number of unbranched alkanes of at least 4 members (excludes halogenated alkanes) is 4. The van der Waals surface area contributed by atoms with Crippen LogP contribution in [0.4, 0.5) is 25.8 Å². The number of ether oxygens (including phenoxy) is 4. The number of carbonyl (C=O) groups excluding carboxylic acids is 3. The molecule has 1 saturated heterocycles. The Labute approximate surface area is 473 Å². The lowest BCUT2D eigenvalue weighted by atomic mass is 9.99. The van der Waals surface area contributed by atoms with E-state index in [0.717, 1.165) is 81.5 Å². The van der Waals surface area contributed by atoms with Crippen molar-refractivity contribution in [3.8, 4) is 28.8 Å². The number of allylic oxidation sites excluding steroid dienone is 2. The molecule has 0 spiro atoms. The standard InChI is InChI=1S/C61H82N9O9P/c1-11-15-21-54(46-22-27-50(28-23-46)77-37-18-16-17-19-38-78-80(79-39-20-32-62)70(43(5)6)44(7)8)67(59(71)74-12-2)53-29-24-47(40-45(53)9)57-63-51-41-48(25-30-55(51)68(57)60(72)75-13-3)58-64-52-42-49(66-35-33-65(10)34-36-66)26-31-56(52)69(58)61(73)76-14-4/h21-27,29-31,40-44,50H,11-20,28,33-39H2,1-10H3. The molecule has 1 aliphatic heterocycles. The van der Waals surface area contributed by atoms with Gasteiger partial charge in [0.05, 0.1) is 85.1 Å². The number of fused-ring (bicyclic) bond motifs is 2. The van der Waals surface area contributed by atoms with Crippen molar-refractivity contribution in [3.63, 3.8) is 0 Å². The predicted octanol–water partition coefficient (Wildman–Crippen LogP) is 13.6. The number of nitrogens with zero attached hydrogens (tertiary/aromatic N) is 9. The average molecular weight is 1120 g/mol. The van der Waals surface area contributed by atoms with E-state index in [2.05, 4.69) is 80.4 Å². The molecule has 1 amide bonds. The van der Waals surface area contributed by atoms with E-state index in [0.29, 0.717) is 88.9 Å². The fraction of sp³-hybridized carbons (Fsp3) is 0.508. The number of rotatable bonds is 26. The average Bonchev–Trinajstić information content (AvgIpc) is 4.03. The summed E-state index contributed by atoms with van der Waals surface area (Å²) in [5.74, 6) is 0.725. The zero-order chi connectivity index (χ0) is 57.3. The number of likely N-dealkylation sites (N-methyl/N-ethyl adjacent to an activating group) is 1. The molecule has 3 aromatic carbocycles. The third-order valence-corrected chi connectivity index (χ3v) is 16.0. The van der Waals surface area contributed by atoms with Crippen LogP contribution in [0, 0.1) is 18.3 Å². The van der Waals surface area contributed by atoms with Crippen molar-refractivity contribution in [2.24, 2.45) is 0 Å². The summed E-state index contributed by atoms with van der Waals surface area (Å²) in [6, 6.07) is 19.7. The fourth-order valence-corrected chi connectivity index (χ4v) is 11.7. The summed E-state index contributed by atoms with van der Waals surface area (Å²) in [6.45, 7) is 23.6. The second-order valence-electron chi connectivity index (χ2n) is 20.5. The van der Waals surface area contributed by atoms with Gasteiger partial charge in [-0.3, -0.25) is 0 Å². The maximum atomic E-state index is 14.2. The van der Waals surface area contributed by atoms with Crippen LogP contribution in [0.3, 0.4) is 0 Å². The molecule has 19 heteroatoms. The van der Waals surface area contributed by atoms with Gasteiger partial charge in [-0.15, -0.1) is 0 Å². The summed E-state index contributed by atoms with van der Waals surface area (Å²) in [7, 11) is 0.882. The summed E-state index contributed by atoms with van der Waals surface area (Å²) in [4.78, 5) is 58.1. The third kappa shape index (κ3) is 15.1. The van der Waals surface area contributed by atoms with Crippen LogP contribution in [-0.2, 0) is 28.0 Å². The first-order valence-corrected chi connectivity index (χ1v) is 29.7. The largest absolute Gasteiger partial charge is 0.449 e. The molecular weight excluding hydrogens is 1030 g/mol. The Kier molecular flexibility index (Phi) is 22.8. The lowest BCUT2D eigenvalue weighted by Gasteiger charge is -2.35. The van der Waals surface area contributed by atoms with Gasteiger partial charge in [0.2, 0.25) is 0 Å². The van der Waals surface area contributed by atoms with E-state index < -0.39 is 26.8 Å². The molecule has 2 atom stereocenters. The van der Waals surface area contributed by atoms with Gasteiger partial charge >= 0.3 is 18.3 Å². The molecule has 0 bridgehead atoms. The Hall–Kier alpha value is -6.45. The van der Waals surface area contributed by atoms with Gasteiger partial charge in [0, 0.05) is 61.7 Å². The van der Waals surface area contributed by atoms with E-state index in [4.69, 9.17) is 43.2 Å². The Morgan fingerprint density at radius 1 is 0.762 bits per heavy atom. The monoisotopic (exact) mass is 1120 g/mol. The normalized spacial score (nSPS) is 15.5. The Balaban J connectivity index is 1.09. The number of nitriles is 1. The van der Waals surface area contributed by atoms with Crippen molar-refractivity contribution >= 4 is 60.2 Å². The summed E-state index contributed by atoms with van der Waals surface area (Å²) < 4.78 is 40.7. The predicted molar refractivity (Wildman–Crippen MR) is 317 cm³/mol. The van der Waals surface area contributed by atoms with Gasteiger partial charge < -0.3 is 37.8 Å². The molecule has 5 aromatic rings. The molecular formula is C61H82N9O9P. The van der Waals surface area contributed by atoms with Gasteiger partial charge in [0.25, 0.3) is 8.53 Å². The molecule has 0 N–H and O–H groups in total. The topological polar surface area (TPSA) is 179 Å². The van der Waals surface area contributed by atoms with Crippen LogP contribution in [0.5, 0.6) is 0 Å². The van der Waals surface area contributed by atoms with E-state index >= 15 is 0 Å². The van der Waals surface area contributed by atoms with Crippen LogP contribution >= 0.6 is 8.53 Å². The highest BCUT2D eigenvalue weighted by Crippen LogP contribution is 2.46. The number of hydrogen-bond donors (Lipinski definition) is 0. The van der Waals surface area contributed by atoms with Gasteiger partial charge in [0.1, 0.15) is 0 Å². The second kappa shape index (κ2) is 29.8. The highest BCUT2D eigenvalue weighted by atomic mass is 31.2. The zero-order valence-electron chi connectivity index (χ0n) is 48.6. The minimum Gasteiger partial charge on any atom is -0.449 e. The highest BCUT2D eigenvalue weighted by Gasteiger charge is 2.30. The molecule has 2 aromatic heterocycles. The molecule has 18 nitrogen and oxygen atoms in total. The number of benzene rings is 3. The first-order chi connectivity index (χ1) is 38.7. The first-order valence-electron chi connectivity index (χ1n) is 28.6. The van der Waals surface area contributed by atoms with E-state index in [1.165, 1.54) is 9.13 Å². The Bertz CT molecular complexity index is 3030. The van der Waals surface area contributed by atoms with Crippen LogP contribution in [-0.4, -0.2) is 138 Å². The van der Waals surface area contributed by atoms with Gasteiger partial charge in [0.15, 0.2) is 11.6 Å². The van der Waals surface area contributed by atoms with Gasteiger partial charge in [-0.2, -0.15) is 5.26 Å². The number of amides is 1.